The maximum absolute atomic E-state index is 3.46. The molecular weight excluding hydrogens is 540 g/mol. The van der Waals surface area contributed by atoms with Gasteiger partial charge in [-0.3, -0.25) is 0 Å². The van der Waals surface area contributed by atoms with E-state index in [4.69, 9.17) is 0 Å². The molecule has 0 heterocycles. The fraction of sp³-hybridized carbons (Fsp3) is 0.229. The zero-order valence-electron chi connectivity index (χ0n) is 22.3. The molecule has 6 aromatic rings. The summed E-state index contributed by atoms with van der Waals surface area (Å²) in [7, 11) is 3.46. The molecule has 0 spiro atoms. The minimum Gasteiger partial charge on any atom is -0.358 e. The van der Waals surface area contributed by atoms with Gasteiger partial charge in [0.15, 0.2) is 0 Å². The fourth-order valence-corrected chi connectivity index (χ4v) is 4.96. The van der Waals surface area contributed by atoms with E-state index in [1.807, 2.05) is 0 Å². The summed E-state index contributed by atoms with van der Waals surface area (Å²) < 4.78 is 0. The van der Waals surface area contributed by atoms with Crippen molar-refractivity contribution >= 4 is 53.3 Å². The Morgan fingerprint density at radius 1 is 0.486 bits per heavy atom. The maximum Gasteiger partial charge on any atom is 3.00 e. The first-order valence-corrected chi connectivity index (χ1v) is 13.7. The summed E-state index contributed by atoms with van der Waals surface area (Å²) in [4.78, 5) is 0. The van der Waals surface area contributed by atoms with Gasteiger partial charge >= 0.3 is 26.2 Å². The Bertz CT molecular complexity index is 1240. The molecule has 6 aromatic carbocycles. The summed E-state index contributed by atoms with van der Waals surface area (Å²) in [5.41, 5.74) is 0. The van der Waals surface area contributed by atoms with Crippen molar-refractivity contribution in [1.82, 2.24) is 0 Å². The van der Waals surface area contributed by atoms with Crippen molar-refractivity contribution in [2.24, 2.45) is 0 Å². The third-order valence-electron chi connectivity index (χ3n) is 6.58. The zero-order chi connectivity index (χ0) is 24.3. The monoisotopic (exact) mass is 576 g/mol. The van der Waals surface area contributed by atoms with E-state index in [0.717, 1.165) is 0 Å². The van der Waals surface area contributed by atoms with Crippen molar-refractivity contribution in [2.75, 3.05) is 0 Å². The first kappa shape index (κ1) is 30.9. The Kier molecular flexibility index (Phi) is 13.8. The number of hydrogen-bond acceptors (Lipinski definition) is 0. The molecule has 0 bridgehead atoms. The minimum absolute atomic E-state index is 0. The Morgan fingerprint density at radius 2 is 0.784 bits per heavy atom. The van der Waals surface area contributed by atoms with E-state index >= 15 is 0 Å². The van der Waals surface area contributed by atoms with Gasteiger partial charge in [-0.25, -0.2) is 0 Å². The predicted molar refractivity (Wildman–Crippen MR) is 164 cm³/mol. The molecule has 0 aliphatic carbocycles. The van der Waals surface area contributed by atoms with Gasteiger partial charge in [-0.1, -0.05) is 124 Å². The number of benzene rings is 4. The molecule has 0 N–H and O–H groups in total. The van der Waals surface area contributed by atoms with Crippen LogP contribution in [0, 0.1) is 7.43 Å². The number of rotatable bonds is 6. The summed E-state index contributed by atoms with van der Waals surface area (Å²) in [5.74, 6) is 0. The summed E-state index contributed by atoms with van der Waals surface area (Å²) in [6.45, 7) is 2.25. The third-order valence-corrected chi connectivity index (χ3v) is 6.93. The van der Waals surface area contributed by atoms with Crippen LogP contribution in [0.3, 0.4) is 0 Å². The van der Waals surface area contributed by atoms with Crippen LogP contribution in [-0.2, 0) is 26.2 Å². The molecule has 0 aliphatic rings. The molecule has 0 saturated heterocycles. The molecule has 0 atom stereocenters. The molecule has 0 unspecified atom stereocenters. The number of unbranched alkanes of at least 4 members (excludes halogenated alkanes) is 5. The smallest absolute Gasteiger partial charge is 0.358 e. The van der Waals surface area contributed by atoms with Gasteiger partial charge in [-0.2, -0.15) is 0 Å². The van der Waals surface area contributed by atoms with Crippen LogP contribution < -0.4 is 0 Å². The van der Waals surface area contributed by atoms with Gasteiger partial charge in [0, 0.05) is 10.2 Å². The van der Waals surface area contributed by atoms with E-state index in [0.29, 0.717) is 0 Å². The molecule has 0 nitrogen and oxygen atoms in total. The topological polar surface area (TPSA) is 0 Å². The van der Waals surface area contributed by atoms with Crippen LogP contribution >= 0.6 is 0 Å². The first-order chi connectivity index (χ1) is 17.3. The molecule has 0 aliphatic heterocycles. The van der Waals surface area contributed by atoms with Crippen LogP contribution in [0.25, 0.3) is 43.1 Å². The van der Waals surface area contributed by atoms with Crippen LogP contribution in [0.2, 0.25) is 6.04 Å². The van der Waals surface area contributed by atoms with Gasteiger partial charge in [0.05, 0.1) is 0 Å². The van der Waals surface area contributed by atoms with Crippen LogP contribution in [0.1, 0.15) is 45.4 Å². The van der Waals surface area contributed by atoms with E-state index in [2.05, 4.69) is 126 Å². The molecule has 0 aromatic heterocycles. The zero-order valence-corrected chi connectivity index (χ0v) is 25.8. The number of hydrogen-bond donors (Lipinski definition) is 0. The Morgan fingerprint density at radius 3 is 1.11 bits per heavy atom. The molecule has 37 heavy (non-hydrogen) atoms. The minimum atomic E-state index is 0. The van der Waals surface area contributed by atoms with Gasteiger partial charge in [-0.15, -0.1) is 79.5 Å². The molecule has 186 valence electrons. The van der Waals surface area contributed by atoms with E-state index in [1.54, 1.807) is 0 Å². The standard InChI is InChI=1S/2C13H9.C8H17Si.CH3.Zr/c2*1-3-7-12-10(5-1)9-11-6-2-4-8-13(11)12;1-2-3-4-5-6-7-8-9;;/h2*1-9H;2-8H2,1H3;1H3;/q2*-1;;-1;+3. The molecule has 6 rings (SSSR count). The molecular formula is C35H38SiZr. The first-order valence-electron chi connectivity index (χ1n) is 13.0. The van der Waals surface area contributed by atoms with Crippen molar-refractivity contribution in [3.05, 3.63) is 117 Å². The van der Waals surface area contributed by atoms with Crippen molar-refractivity contribution in [3.63, 3.8) is 0 Å². The van der Waals surface area contributed by atoms with Crippen molar-refractivity contribution in [3.8, 4) is 0 Å². The molecule has 0 fully saturated rings. The quantitative estimate of drug-likeness (QED) is 0.105. The number of fused-ring (bicyclic) bond motifs is 6. The van der Waals surface area contributed by atoms with E-state index in [1.165, 1.54) is 87.7 Å². The van der Waals surface area contributed by atoms with Crippen molar-refractivity contribution in [1.29, 1.82) is 0 Å². The summed E-state index contributed by atoms with van der Waals surface area (Å²) in [5, 5.41) is 10.8. The SMILES string of the molecule is CCCCCCCC[Si].[CH3-].[Zr+3].c1ccc2c(c1)[cH-]c1ccccc12.c1ccc2c(c1)[cH-]c1ccccc12. The maximum atomic E-state index is 3.46. The summed E-state index contributed by atoms with van der Waals surface area (Å²) in [6.07, 6.45) is 8.39. The Balaban J connectivity index is 0.000000195. The molecule has 0 amide bonds. The van der Waals surface area contributed by atoms with E-state index in [-0.39, 0.29) is 33.6 Å². The molecule has 0 saturated carbocycles. The summed E-state index contributed by atoms with van der Waals surface area (Å²) in [6, 6.07) is 39.7. The molecule has 2 heteroatoms. The van der Waals surface area contributed by atoms with Crippen molar-refractivity contribution in [2.45, 2.75) is 51.5 Å². The Labute approximate surface area is 246 Å². The fourth-order valence-electron chi connectivity index (χ4n) is 4.71. The van der Waals surface area contributed by atoms with Crippen LogP contribution in [0.5, 0.6) is 0 Å². The third kappa shape index (κ3) is 8.36. The average molecular weight is 578 g/mol. The van der Waals surface area contributed by atoms with Crippen LogP contribution in [0.4, 0.5) is 0 Å². The second-order valence-electron chi connectivity index (χ2n) is 9.16. The van der Waals surface area contributed by atoms with Gasteiger partial charge in [0.25, 0.3) is 0 Å². The van der Waals surface area contributed by atoms with Crippen LogP contribution in [-0.4, -0.2) is 10.2 Å². The van der Waals surface area contributed by atoms with Crippen LogP contribution in [0.15, 0.2) is 109 Å². The second kappa shape index (κ2) is 16.5. The van der Waals surface area contributed by atoms with Gasteiger partial charge < -0.3 is 7.43 Å². The van der Waals surface area contributed by atoms with Gasteiger partial charge in [0.2, 0.25) is 0 Å². The molecule has 4 radical (unpaired) electrons. The Hall–Kier alpha value is -2.28. The van der Waals surface area contributed by atoms with E-state index < -0.39 is 0 Å². The predicted octanol–water partition coefficient (Wildman–Crippen LogP) is 10.8. The van der Waals surface area contributed by atoms with Gasteiger partial charge in [0.1, 0.15) is 0 Å². The normalized spacial score (nSPS) is 10.2. The second-order valence-corrected chi connectivity index (χ2v) is 9.66. The van der Waals surface area contributed by atoms with E-state index in [9.17, 15) is 0 Å². The van der Waals surface area contributed by atoms with Gasteiger partial charge in [-0.05, 0) is 0 Å². The average Bonchev–Trinajstić information content (AvgIpc) is 3.48. The van der Waals surface area contributed by atoms with Crippen molar-refractivity contribution < 1.29 is 26.2 Å². The summed E-state index contributed by atoms with van der Waals surface area (Å²) >= 11 is 0. The largest absolute Gasteiger partial charge is 3.00 e.